The Labute approximate surface area is 95.0 Å². The number of nitrogens with two attached hydrogens (primary N) is 1. The standard InChI is InChI=1S/C10H17N5O/c1-14(2)10-12-7-8(11)9(13-10)15-3-5-16-6-4-15/h7H,3-6,11H2,1-2H3. The smallest absolute Gasteiger partial charge is 0.226 e. The van der Waals surface area contributed by atoms with E-state index in [0.29, 0.717) is 11.6 Å². The van der Waals surface area contributed by atoms with Crippen LogP contribution < -0.4 is 15.5 Å². The largest absolute Gasteiger partial charge is 0.394 e. The van der Waals surface area contributed by atoms with E-state index < -0.39 is 0 Å². The molecule has 0 bridgehead atoms. The van der Waals surface area contributed by atoms with Gasteiger partial charge < -0.3 is 20.3 Å². The molecule has 2 rings (SSSR count). The maximum absolute atomic E-state index is 5.89. The van der Waals surface area contributed by atoms with Crippen LogP contribution in [0.15, 0.2) is 6.20 Å². The first-order valence-electron chi connectivity index (χ1n) is 5.31. The predicted molar refractivity (Wildman–Crippen MR) is 63.8 cm³/mol. The van der Waals surface area contributed by atoms with E-state index in [1.807, 2.05) is 19.0 Å². The Morgan fingerprint density at radius 2 is 2.06 bits per heavy atom. The summed E-state index contributed by atoms with van der Waals surface area (Å²) in [6.07, 6.45) is 1.66. The number of nitrogen functional groups attached to an aromatic ring is 1. The van der Waals surface area contributed by atoms with Gasteiger partial charge in [-0.25, -0.2) is 4.98 Å². The number of rotatable bonds is 2. The molecular weight excluding hydrogens is 206 g/mol. The van der Waals surface area contributed by atoms with Gasteiger partial charge in [0.1, 0.15) is 0 Å². The molecule has 6 heteroatoms. The van der Waals surface area contributed by atoms with Crippen molar-refractivity contribution < 1.29 is 4.74 Å². The van der Waals surface area contributed by atoms with Crippen molar-refractivity contribution in [1.82, 2.24) is 9.97 Å². The van der Waals surface area contributed by atoms with Gasteiger partial charge in [-0.1, -0.05) is 0 Å². The van der Waals surface area contributed by atoms with Crippen molar-refractivity contribution in [2.24, 2.45) is 0 Å². The summed E-state index contributed by atoms with van der Waals surface area (Å²) in [5, 5.41) is 0. The second-order valence-electron chi connectivity index (χ2n) is 3.94. The molecule has 0 saturated carbocycles. The van der Waals surface area contributed by atoms with Crippen molar-refractivity contribution in [2.45, 2.75) is 0 Å². The van der Waals surface area contributed by atoms with Gasteiger partial charge in [-0.3, -0.25) is 0 Å². The number of morpholine rings is 1. The summed E-state index contributed by atoms with van der Waals surface area (Å²) >= 11 is 0. The van der Waals surface area contributed by atoms with E-state index in [0.717, 1.165) is 32.1 Å². The van der Waals surface area contributed by atoms with E-state index in [1.54, 1.807) is 6.20 Å². The van der Waals surface area contributed by atoms with Gasteiger partial charge in [-0.05, 0) is 0 Å². The SMILES string of the molecule is CN(C)c1ncc(N)c(N2CCOCC2)n1. The van der Waals surface area contributed by atoms with Gasteiger partial charge in [0, 0.05) is 27.2 Å². The van der Waals surface area contributed by atoms with E-state index >= 15 is 0 Å². The van der Waals surface area contributed by atoms with Crippen molar-refractivity contribution in [3.05, 3.63) is 6.20 Å². The third-order valence-electron chi connectivity index (χ3n) is 2.49. The van der Waals surface area contributed by atoms with Crippen LogP contribution in [0, 0.1) is 0 Å². The van der Waals surface area contributed by atoms with Crippen LogP contribution in [0.5, 0.6) is 0 Å². The number of hydrogen-bond donors (Lipinski definition) is 1. The lowest BCUT2D eigenvalue weighted by atomic mass is 10.3. The van der Waals surface area contributed by atoms with Crippen molar-refractivity contribution in [1.29, 1.82) is 0 Å². The fourth-order valence-corrected chi connectivity index (χ4v) is 1.62. The molecule has 0 unspecified atom stereocenters. The summed E-state index contributed by atoms with van der Waals surface area (Å²) in [6.45, 7) is 3.10. The first kappa shape index (κ1) is 10.9. The summed E-state index contributed by atoms with van der Waals surface area (Å²) in [4.78, 5) is 12.6. The second-order valence-corrected chi connectivity index (χ2v) is 3.94. The third-order valence-corrected chi connectivity index (χ3v) is 2.49. The Bertz CT molecular complexity index is 362. The maximum atomic E-state index is 5.89. The minimum Gasteiger partial charge on any atom is -0.394 e. The Hall–Kier alpha value is -1.56. The van der Waals surface area contributed by atoms with Crippen LogP contribution in [0.2, 0.25) is 0 Å². The molecule has 88 valence electrons. The van der Waals surface area contributed by atoms with Crippen LogP contribution in [0.1, 0.15) is 0 Å². The minimum atomic E-state index is 0.618. The lowest BCUT2D eigenvalue weighted by Gasteiger charge is -2.29. The summed E-state index contributed by atoms with van der Waals surface area (Å²) in [5.41, 5.74) is 6.51. The molecule has 1 aromatic rings. The van der Waals surface area contributed by atoms with Crippen LogP contribution in [-0.2, 0) is 4.74 Å². The van der Waals surface area contributed by atoms with Crippen LogP contribution in [-0.4, -0.2) is 50.4 Å². The minimum absolute atomic E-state index is 0.618. The molecule has 16 heavy (non-hydrogen) atoms. The Morgan fingerprint density at radius 1 is 1.38 bits per heavy atom. The zero-order chi connectivity index (χ0) is 11.5. The van der Waals surface area contributed by atoms with Gasteiger partial charge in [-0.15, -0.1) is 0 Å². The fourth-order valence-electron chi connectivity index (χ4n) is 1.62. The van der Waals surface area contributed by atoms with Gasteiger partial charge in [-0.2, -0.15) is 4.98 Å². The Balaban J connectivity index is 2.27. The molecule has 6 nitrogen and oxygen atoms in total. The molecule has 1 fully saturated rings. The van der Waals surface area contributed by atoms with E-state index in [1.165, 1.54) is 0 Å². The van der Waals surface area contributed by atoms with Crippen molar-refractivity contribution in [2.75, 3.05) is 55.9 Å². The van der Waals surface area contributed by atoms with Crippen LogP contribution in [0.25, 0.3) is 0 Å². The predicted octanol–water partition coefficient (Wildman–Crippen LogP) is -0.0386. The lowest BCUT2D eigenvalue weighted by molar-refractivity contribution is 0.122. The second kappa shape index (κ2) is 4.52. The van der Waals surface area contributed by atoms with Gasteiger partial charge in [0.25, 0.3) is 0 Å². The molecule has 0 radical (unpaired) electrons. The van der Waals surface area contributed by atoms with E-state index in [4.69, 9.17) is 10.5 Å². The van der Waals surface area contributed by atoms with Crippen LogP contribution in [0.3, 0.4) is 0 Å². The van der Waals surface area contributed by atoms with Gasteiger partial charge in [0.2, 0.25) is 5.95 Å². The maximum Gasteiger partial charge on any atom is 0.226 e. The van der Waals surface area contributed by atoms with Gasteiger partial charge in [0.05, 0.1) is 25.1 Å². The number of hydrogen-bond acceptors (Lipinski definition) is 6. The monoisotopic (exact) mass is 223 g/mol. The first-order valence-corrected chi connectivity index (χ1v) is 5.31. The molecule has 0 atom stereocenters. The molecule has 0 spiro atoms. The summed E-state index contributed by atoms with van der Waals surface area (Å²) in [6, 6.07) is 0. The molecule has 1 aliphatic heterocycles. The normalized spacial score (nSPS) is 16.2. The van der Waals surface area contributed by atoms with Gasteiger partial charge >= 0.3 is 0 Å². The zero-order valence-electron chi connectivity index (χ0n) is 9.68. The average molecular weight is 223 g/mol. The van der Waals surface area contributed by atoms with Crippen molar-refractivity contribution >= 4 is 17.5 Å². The quantitative estimate of drug-likeness (QED) is 0.759. The highest BCUT2D eigenvalue weighted by atomic mass is 16.5. The highest BCUT2D eigenvalue weighted by Gasteiger charge is 2.16. The highest BCUT2D eigenvalue weighted by Crippen LogP contribution is 2.22. The van der Waals surface area contributed by atoms with E-state index in [2.05, 4.69) is 14.9 Å². The molecular formula is C10H17N5O. The van der Waals surface area contributed by atoms with Crippen molar-refractivity contribution in [3.63, 3.8) is 0 Å². The molecule has 0 amide bonds. The van der Waals surface area contributed by atoms with E-state index in [-0.39, 0.29) is 0 Å². The first-order chi connectivity index (χ1) is 7.68. The number of nitrogens with zero attached hydrogens (tertiary/aromatic N) is 4. The topological polar surface area (TPSA) is 67.5 Å². The molecule has 1 aliphatic rings. The molecule has 0 aliphatic carbocycles. The fraction of sp³-hybridized carbons (Fsp3) is 0.600. The van der Waals surface area contributed by atoms with Crippen LogP contribution in [0.4, 0.5) is 17.5 Å². The highest BCUT2D eigenvalue weighted by molar-refractivity contribution is 5.63. The lowest BCUT2D eigenvalue weighted by Crippen LogP contribution is -2.37. The Morgan fingerprint density at radius 3 is 2.69 bits per heavy atom. The number of ether oxygens (including phenoxy) is 1. The van der Waals surface area contributed by atoms with Crippen LogP contribution >= 0.6 is 0 Å². The molecule has 1 saturated heterocycles. The number of anilines is 3. The van der Waals surface area contributed by atoms with Gasteiger partial charge in [0.15, 0.2) is 5.82 Å². The average Bonchev–Trinajstić information content (AvgIpc) is 2.30. The number of aromatic nitrogens is 2. The summed E-state index contributed by atoms with van der Waals surface area (Å²) in [7, 11) is 3.82. The Kier molecular flexibility index (Phi) is 3.09. The molecule has 0 aromatic carbocycles. The third kappa shape index (κ3) is 2.16. The van der Waals surface area contributed by atoms with Crippen molar-refractivity contribution in [3.8, 4) is 0 Å². The molecule has 2 N–H and O–H groups in total. The summed E-state index contributed by atoms with van der Waals surface area (Å²) in [5.74, 6) is 1.48. The zero-order valence-corrected chi connectivity index (χ0v) is 9.68. The summed E-state index contributed by atoms with van der Waals surface area (Å²) < 4.78 is 5.30. The molecule has 1 aromatic heterocycles. The molecule has 2 heterocycles. The van der Waals surface area contributed by atoms with E-state index in [9.17, 15) is 0 Å².